The van der Waals surface area contributed by atoms with Gasteiger partial charge in [-0.2, -0.15) is 0 Å². The van der Waals surface area contributed by atoms with Crippen LogP contribution in [0, 0.1) is 0 Å². The number of thioether (sulfide) groups is 1. The van der Waals surface area contributed by atoms with Gasteiger partial charge in [0.05, 0.1) is 6.42 Å². The molecule has 3 N–H and O–H groups in total. The summed E-state index contributed by atoms with van der Waals surface area (Å²) in [7, 11) is 0. The highest BCUT2D eigenvalue weighted by Gasteiger charge is 2.23. The highest BCUT2D eigenvalue weighted by molar-refractivity contribution is 8.00. The maximum Gasteiger partial charge on any atom is 0.303 e. The molecule has 0 fully saturated rings. The molecule has 1 atom stereocenters. The molecule has 1 aromatic heterocycles. The van der Waals surface area contributed by atoms with Crippen molar-refractivity contribution in [3.63, 3.8) is 0 Å². The molecule has 0 bridgehead atoms. The molecule has 2 amide bonds. The number of carbonyl (C=O) groups is 3. The van der Waals surface area contributed by atoms with Gasteiger partial charge in [-0.15, -0.1) is 11.8 Å². The molecule has 0 saturated carbocycles. The Balaban J connectivity index is 1.30. The minimum Gasteiger partial charge on any atom is -0.481 e. The molecule has 0 saturated heterocycles. The van der Waals surface area contributed by atoms with Crippen LogP contribution in [-0.4, -0.2) is 27.9 Å². The van der Waals surface area contributed by atoms with Gasteiger partial charge in [-0.1, -0.05) is 48.5 Å². The average molecular weight is 552 g/mol. The van der Waals surface area contributed by atoms with E-state index in [1.54, 1.807) is 18.2 Å². The van der Waals surface area contributed by atoms with E-state index in [1.165, 1.54) is 11.8 Å². The van der Waals surface area contributed by atoms with E-state index in [0.29, 0.717) is 22.8 Å². The Bertz CT molecular complexity index is 1620. The molecule has 0 radical (unpaired) electrons. The number of para-hydroxylation sites is 2. The first-order valence-electron chi connectivity index (χ1n) is 12.5. The van der Waals surface area contributed by atoms with E-state index < -0.39 is 11.2 Å². The lowest BCUT2D eigenvalue weighted by molar-refractivity contribution is -0.138. The number of benzene rings is 4. The van der Waals surface area contributed by atoms with Crippen molar-refractivity contribution in [3.05, 3.63) is 109 Å². The zero-order valence-electron chi connectivity index (χ0n) is 21.2. The second-order valence-corrected chi connectivity index (χ2v) is 10.1. The van der Waals surface area contributed by atoms with E-state index in [2.05, 4.69) is 15.6 Å². The molecule has 8 nitrogen and oxygen atoms in total. The average Bonchev–Trinajstić information content (AvgIpc) is 3.40. The van der Waals surface area contributed by atoms with Crippen LogP contribution in [0.1, 0.15) is 23.7 Å². The number of carboxylic acids is 1. The van der Waals surface area contributed by atoms with Crippen molar-refractivity contribution in [2.45, 2.75) is 23.0 Å². The van der Waals surface area contributed by atoms with Crippen LogP contribution in [-0.2, 0) is 14.4 Å². The van der Waals surface area contributed by atoms with Crippen LogP contribution in [0.4, 0.5) is 11.4 Å². The van der Waals surface area contributed by atoms with E-state index >= 15 is 0 Å². The van der Waals surface area contributed by atoms with Gasteiger partial charge in [0.2, 0.25) is 17.7 Å². The summed E-state index contributed by atoms with van der Waals surface area (Å²) in [5.41, 5.74) is 4.27. The number of nitrogens with one attached hydrogen (secondary N) is 2. The number of aromatic nitrogens is 1. The number of hydrogen-bond donors (Lipinski definition) is 3. The molecule has 5 rings (SSSR count). The molecule has 0 aliphatic heterocycles. The van der Waals surface area contributed by atoms with E-state index in [1.807, 2.05) is 84.9 Å². The zero-order chi connectivity index (χ0) is 27.9. The van der Waals surface area contributed by atoms with Gasteiger partial charge in [0.25, 0.3) is 0 Å². The molecular formula is C31H25N3O5S. The quantitative estimate of drug-likeness (QED) is 0.164. The Labute approximate surface area is 234 Å². The fourth-order valence-electron chi connectivity index (χ4n) is 4.03. The Hall–Kier alpha value is -4.89. The van der Waals surface area contributed by atoms with Crippen LogP contribution in [0.15, 0.2) is 112 Å². The lowest BCUT2D eigenvalue weighted by atomic mass is 10.1. The molecule has 0 spiro atoms. The monoisotopic (exact) mass is 551 g/mol. The minimum absolute atomic E-state index is 0.118. The molecular weight excluding hydrogens is 526 g/mol. The second kappa shape index (κ2) is 12.3. The first kappa shape index (κ1) is 26.7. The van der Waals surface area contributed by atoms with Gasteiger partial charge < -0.3 is 20.2 Å². The predicted molar refractivity (Wildman–Crippen MR) is 155 cm³/mol. The van der Waals surface area contributed by atoms with Gasteiger partial charge >= 0.3 is 5.97 Å². The van der Waals surface area contributed by atoms with E-state index in [0.717, 1.165) is 21.5 Å². The van der Waals surface area contributed by atoms with E-state index in [-0.39, 0.29) is 24.7 Å². The maximum atomic E-state index is 13.5. The summed E-state index contributed by atoms with van der Waals surface area (Å²) < 4.78 is 5.84. The molecule has 40 heavy (non-hydrogen) atoms. The number of anilines is 2. The molecule has 0 aliphatic rings. The van der Waals surface area contributed by atoms with Crippen molar-refractivity contribution in [2.24, 2.45) is 0 Å². The van der Waals surface area contributed by atoms with Gasteiger partial charge in [0.1, 0.15) is 10.8 Å². The smallest absolute Gasteiger partial charge is 0.303 e. The van der Waals surface area contributed by atoms with Crippen LogP contribution < -0.4 is 10.6 Å². The number of nitrogens with zero attached hydrogens (tertiary/aromatic N) is 1. The highest BCUT2D eigenvalue weighted by atomic mass is 32.2. The van der Waals surface area contributed by atoms with Crippen molar-refractivity contribution in [3.8, 4) is 11.5 Å². The van der Waals surface area contributed by atoms with Crippen LogP contribution >= 0.6 is 11.8 Å². The van der Waals surface area contributed by atoms with E-state index in [9.17, 15) is 14.4 Å². The number of carboxylic acid groups (broad SMARTS) is 1. The molecule has 200 valence electrons. The number of amides is 2. The minimum atomic E-state index is -1.03. The summed E-state index contributed by atoms with van der Waals surface area (Å²) in [4.78, 5) is 41.6. The first-order valence-corrected chi connectivity index (χ1v) is 13.4. The molecule has 4 aromatic carbocycles. The number of hydrogen-bond acceptors (Lipinski definition) is 6. The number of aliphatic carboxylic acids is 1. The summed E-state index contributed by atoms with van der Waals surface area (Å²) in [6.45, 7) is 0. The summed E-state index contributed by atoms with van der Waals surface area (Å²) >= 11 is 1.35. The van der Waals surface area contributed by atoms with E-state index in [4.69, 9.17) is 9.52 Å². The Morgan fingerprint density at radius 3 is 2.30 bits per heavy atom. The van der Waals surface area contributed by atoms with Crippen LogP contribution in [0.5, 0.6) is 0 Å². The molecule has 1 unspecified atom stereocenters. The lowest BCUT2D eigenvalue weighted by Crippen LogP contribution is -2.19. The predicted octanol–water partition coefficient (Wildman–Crippen LogP) is 6.77. The molecule has 5 aromatic rings. The SMILES string of the molecule is O=C(O)CCC(=O)Nc1cccc(SC(C(=O)Nc2ccc(-c3nc4ccccc4o3)cc2)c2ccccc2)c1. The topological polar surface area (TPSA) is 122 Å². The number of rotatable bonds is 10. The third-order valence-electron chi connectivity index (χ3n) is 5.97. The highest BCUT2D eigenvalue weighted by Crippen LogP contribution is 2.37. The van der Waals surface area contributed by atoms with Gasteiger partial charge in [-0.3, -0.25) is 14.4 Å². The van der Waals surface area contributed by atoms with Crippen LogP contribution in [0.25, 0.3) is 22.6 Å². The van der Waals surface area contributed by atoms with Gasteiger partial charge in [0.15, 0.2) is 5.58 Å². The van der Waals surface area contributed by atoms with Gasteiger partial charge in [0, 0.05) is 28.3 Å². The second-order valence-electron chi connectivity index (χ2n) is 8.93. The number of carbonyl (C=O) groups excluding carboxylic acids is 2. The van der Waals surface area contributed by atoms with Crippen molar-refractivity contribution in [1.82, 2.24) is 4.98 Å². The van der Waals surface area contributed by atoms with Crippen molar-refractivity contribution in [2.75, 3.05) is 10.6 Å². The van der Waals surface area contributed by atoms with Crippen molar-refractivity contribution < 1.29 is 23.9 Å². The lowest BCUT2D eigenvalue weighted by Gasteiger charge is -2.18. The first-order chi connectivity index (χ1) is 19.4. The Morgan fingerprint density at radius 2 is 1.55 bits per heavy atom. The van der Waals surface area contributed by atoms with Crippen LogP contribution in [0.2, 0.25) is 0 Å². The molecule has 0 aliphatic carbocycles. The summed E-state index contributed by atoms with van der Waals surface area (Å²) in [5, 5.41) is 14.0. The zero-order valence-corrected chi connectivity index (χ0v) is 22.1. The number of oxazole rings is 1. The summed E-state index contributed by atoms with van der Waals surface area (Å²) in [6, 6.07) is 31.4. The van der Waals surface area contributed by atoms with Gasteiger partial charge in [-0.05, 0) is 60.2 Å². The fraction of sp³-hybridized carbons (Fsp3) is 0.0968. The van der Waals surface area contributed by atoms with Crippen LogP contribution in [0.3, 0.4) is 0 Å². The van der Waals surface area contributed by atoms with Crippen molar-refractivity contribution in [1.29, 1.82) is 0 Å². The molecule has 1 heterocycles. The molecule has 9 heteroatoms. The Morgan fingerprint density at radius 1 is 0.800 bits per heavy atom. The maximum absolute atomic E-state index is 13.5. The standard InChI is InChI=1S/C31H25N3O5S/c35-27(17-18-28(36)37)32-23-9-6-10-24(19-23)40-29(20-7-2-1-3-8-20)30(38)33-22-15-13-21(14-16-22)31-34-25-11-4-5-12-26(25)39-31/h1-16,19,29H,17-18H2,(H,32,35)(H,33,38)(H,36,37). The fourth-order valence-corrected chi connectivity index (χ4v) is 5.11. The summed E-state index contributed by atoms with van der Waals surface area (Å²) in [5.74, 6) is -1.12. The normalized spacial score (nSPS) is 11.6. The third kappa shape index (κ3) is 6.75. The number of fused-ring (bicyclic) bond motifs is 1. The summed E-state index contributed by atoms with van der Waals surface area (Å²) in [6.07, 6.45) is -0.362. The Kier molecular flexibility index (Phi) is 8.22. The van der Waals surface area contributed by atoms with Gasteiger partial charge in [-0.25, -0.2) is 4.98 Å². The largest absolute Gasteiger partial charge is 0.481 e. The third-order valence-corrected chi connectivity index (χ3v) is 7.22. The van der Waals surface area contributed by atoms with Crippen molar-refractivity contribution >= 4 is 52.0 Å².